The van der Waals surface area contributed by atoms with Crippen molar-refractivity contribution in [2.24, 2.45) is 5.73 Å². The molecule has 1 heterocycles. The van der Waals surface area contributed by atoms with Crippen molar-refractivity contribution >= 4 is 11.9 Å². The molecule has 5 heteroatoms. The van der Waals surface area contributed by atoms with Crippen LogP contribution in [-0.2, 0) is 4.74 Å². The van der Waals surface area contributed by atoms with E-state index in [1.54, 1.807) is 0 Å². The summed E-state index contributed by atoms with van der Waals surface area (Å²) in [6.45, 7) is 1.75. The average Bonchev–Trinajstić information content (AvgIpc) is 2.08. The lowest BCUT2D eigenvalue weighted by atomic mass is 10.1. The molecule has 0 aromatic carbocycles. The van der Waals surface area contributed by atoms with Crippen LogP contribution in [0.25, 0.3) is 0 Å². The highest BCUT2D eigenvalue weighted by molar-refractivity contribution is 5.79. The molecule has 0 saturated carbocycles. The van der Waals surface area contributed by atoms with Crippen LogP contribution in [0.1, 0.15) is 19.3 Å². The Labute approximate surface area is 77.3 Å². The Bertz CT molecular complexity index is 206. The van der Waals surface area contributed by atoms with Crippen LogP contribution >= 0.6 is 0 Å². The topological polar surface area (TPSA) is 79.4 Å². The summed E-state index contributed by atoms with van der Waals surface area (Å²) in [5, 5.41) is 7.59. The highest BCUT2D eigenvalue weighted by Crippen LogP contribution is 2.09. The van der Waals surface area contributed by atoms with Gasteiger partial charge >= 0.3 is 6.09 Å². The number of hydrogen-bond donors (Lipinski definition) is 2. The van der Waals surface area contributed by atoms with Gasteiger partial charge in [-0.1, -0.05) is 0 Å². The maximum absolute atomic E-state index is 10.3. The predicted octanol–water partition coefficient (Wildman–Crippen LogP) is 0.545. The summed E-state index contributed by atoms with van der Waals surface area (Å²) in [6.07, 6.45) is 2.28. The third-order valence-corrected chi connectivity index (χ3v) is 2.08. The zero-order valence-electron chi connectivity index (χ0n) is 7.58. The Morgan fingerprint density at radius 1 is 1.62 bits per heavy atom. The minimum Gasteiger partial charge on any atom is -0.448 e. The number of amidine groups is 1. The number of amides is 1. The summed E-state index contributed by atoms with van der Waals surface area (Å²) < 4.78 is 4.59. The van der Waals surface area contributed by atoms with Crippen molar-refractivity contribution in [2.45, 2.75) is 19.3 Å². The molecule has 1 rings (SSSR count). The number of primary amides is 1. The first-order chi connectivity index (χ1) is 6.20. The standard InChI is InChI=1S/C8H15N3O2/c9-7-3-1-2-4-11(7)5-6-13-8(10)12/h9H,1-6H2,(H2,10,12). The van der Waals surface area contributed by atoms with E-state index in [1.807, 2.05) is 4.90 Å². The van der Waals surface area contributed by atoms with Crippen molar-refractivity contribution in [1.29, 1.82) is 5.41 Å². The molecule has 3 N–H and O–H groups in total. The van der Waals surface area contributed by atoms with Gasteiger partial charge in [0.2, 0.25) is 0 Å². The highest BCUT2D eigenvalue weighted by atomic mass is 16.5. The van der Waals surface area contributed by atoms with Gasteiger partial charge in [-0.05, 0) is 12.8 Å². The van der Waals surface area contributed by atoms with E-state index in [2.05, 4.69) is 4.74 Å². The van der Waals surface area contributed by atoms with E-state index in [0.29, 0.717) is 12.4 Å². The molecular weight excluding hydrogens is 170 g/mol. The maximum Gasteiger partial charge on any atom is 0.404 e. The summed E-state index contributed by atoms with van der Waals surface area (Å²) in [4.78, 5) is 12.2. The Morgan fingerprint density at radius 2 is 2.38 bits per heavy atom. The highest BCUT2D eigenvalue weighted by Gasteiger charge is 2.14. The van der Waals surface area contributed by atoms with Gasteiger partial charge in [0.15, 0.2) is 0 Å². The predicted molar refractivity (Wildman–Crippen MR) is 48.7 cm³/mol. The number of ether oxygens (including phenoxy) is 1. The van der Waals surface area contributed by atoms with E-state index < -0.39 is 6.09 Å². The SMILES string of the molecule is N=C1CCCCN1CCOC(N)=O. The van der Waals surface area contributed by atoms with Crippen LogP contribution in [0.2, 0.25) is 0 Å². The van der Waals surface area contributed by atoms with Gasteiger partial charge in [0, 0.05) is 13.0 Å². The smallest absolute Gasteiger partial charge is 0.404 e. The van der Waals surface area contributed by atoms with E-state index in [-0.39, 0.29) is 6.61 Å². The van der Waals surface area contributed by atoms with E-state index in [9.17, 15) is 4.79 Å². The number of nitrogens with two attached hydrogens (primary N) is 1. The zero-order valence-corrected chi connectivity index (χ0v) is 7.58. The third kappa shape index (κ3) is 3.31. The molecule has 5 nitrogen and oxygen atoms in total. The normalized spacial score (nSPS) is 17.2. The largest absolute Gasteiger partial charge is 0.448 e. The average molecular weight is 185 g/mol. The molecule has 0 aromatic rings. The molecule has 1 amide bonds. The van der Waals surface area contributed by atoms with E-state index in [1.165, 1.54) is 0 Å². The molecule has 0 spiro atoms. The van der Waals surface area contributed by atoms with E-state index in [0.717, 1.165) is 25.8 Å². The van der Waals surface area contributed by atoms with Gasteiger partial charge in [0.1, 0.15) is 6.61 Å². The molecule has 1 aliphatic rings. The van der Waals surface area contributed by atoms with Gasteiger partial charge in [-0.25, -0.2) is 4.79 Å². The van der Waals surface area contributed by atoms with Crippen molar-refractivity contribution in [2.75, 3.05) is 19.7 Å². The molecule has 0 aromatic heterocycles. The van der Waals surface area contributed by atoms with Gasteiger partial charge in [0.05, 0.1) is 12.4 Å². The van der Waals surface area contributed by atoms with Gasteiger partial charge in [-0.15, -0.1) is 0 Å². The number of hydrogen-bond acceptors (Lipinski definition) is 3. The number of carbonyl (C=O) groups is 1. The second-order valence-corrected chi connectivity index (χ2v) is 3.06. The fourth-order valence-electron chi connectivity index (χ4n) is 1.39. The monoisotopic (exact) mass is 185 g/mol. The first-order valence-electron chi connectivity index (χ1n) is 4.45. The van der Waals surface area contributed by atoms with Crippen LogP contribution in [-0.4, -0.2) is 36.5 Å². The molecule has 1 fully saturated rings. The number of nitrogens with one attached hydrogen (secondary N) is 1. The molecule has 0 atom stereocenters. The third-order valence-electron chi connectivity index (χ3n) is 2.08. The molecule has 1 saturated heterocycles. The van der Waals surface area contributed by atoms with Crippen LogP contribution in [0.5, 0.6) is 0 Å². The van der Waals surface area contributed by atoms with Crippen molar-refractivity contribution < 1.29 is 9.53 Å². The van der Waals surface area contributed by atoms with E-state index >= 15 is 0 Å². The number of nitrogens with zero attached hydrogens (tertiary/aromatic N) is 1. The Balaban J connectivity index is 2.19. The summed E-state index contributed by atoms with van der Waals surface area (Å²) in [6, 6.07) is 0. The lowest BCUT2D eigenvalue weighted by Crippen LogP contribution is -2.37. The number of likely N-dealkylation sites (tertiary alicyclic amines) is 1. The molecule has 0 aliphatic carbocycles. The molecule has 0 unspecified atom stereocenters. The number of rotatable bonds is 3. The fourth-order valence-corrected chi connectivity index (χ4v) is 1.39. The second-order valence-electron chi connectivity index (χ2n) is 3.06. The van der Waals surface area contributed by atoms with Crippen molar-refractivity contribution in [3.63, 3.8) is 0 Å². The van der Waals surface area contributed by atoms with Gasteiger partial charge < -0.3 is 15.4 Å². The maximum atomic E-state index is 10.3. The van der Waals surface area contributed by atoms with Gasteiger partial charge in [-0.2, -0.15) is 0 Å². The van der Waals surface area contributed by atoms with Crippen molar-refractivity contribution in [1.82, 2.24) is 4.90 Å². The summed E-state index contributed by atoms with van der Waals surface area (Å²) in [5.74, 6) is 0.638. The quantitative estimate of drug-likeness (QED) is 0.673. The molecule has 1 aliphatic heterocycles. The van der Waals surface area contributed by atoms with Crippen molar-refractivity contribution in [3.8, 4) is 0 Å². The minimum absolute atomic E-state index is 0.276. The summed E-state index contributed by atoms with van der Waals surface area (Å²) >= 11 is 0. The minimum atomic E-state index is -0.747. The number of carbonyl (C=O) groups excluding carboxylic acids is 1. The van der Waals surface area contributed by atoms with Gasteiger partial charge in [0.25, 0.3) is 0 Å². The van der Waals surface area contributed by atoms with Crippen LogP contribution in [0.3, 0.4) is 0 Å². The molecule has 74 valence electrons. The lowest BCUT2D eigenvalue weighted by Gasteiger charge is -2.28. The summed E-state index contributed by atoms with van der Waals surface area (Å²) in [7, 11) is 0. The molecule has 13 heavy (non-hydrogen) atoms. The fraction of sp³-hybridized carbons (Fsp3) is 0.750. The Hall–Kier alpha value is -1.26. The van der Waals surface area contributed by atoms with E-state index in [4.69, 9.17) is 11.1 Å². The lowest BCUT2D eigenvalue weighted by molar-refractivity contribution is 0.146. The Morgan fingerprint density at radius 3 is 3.00 bits per heavy atom. The van der Waals surface area contributed by atoms with Crippen LogP contribution in [0, 0.1) is 5.41 Å². The van der Waals surface area contributed by atoms with Crippen LogP contribution in [0.15, 0.2) is 0 Å². The second kappa shape index (κ2) is 4.69. The van der Waals surface area contributed by atoms with Gasteiger partial charge in [-0.3, -0.25) is 5.41 Å². The van der Waals surface area contributed by atoms with Crippen LogP contribution in [0.4, 0.5) is 4.79 Å². The number of piperidine rings is 1. The molecule has 0 radical (unpaired) electrons. The molecule has 0 bridgehead atoms. The first kappa shape index (κ1) is 9.83. The Kier molecular flexibility index (Phi) is 3.54. The zero-order chi connectivity index (χ0) is 9.68. The van der Waals surface area contributed by atoms with Crippen LogP contribution < -0.4 is 5.73 Å². The summed E-state index contributed by atoms with van der Waals surface area (Å²) in [5.41, 5.74) is 4.81. The molecular formula is C8H15N3O2. The van der Waals surface area contributed by atoms with Crippen molar-refractivity contribution in [3.05, 3.63) is 0 Å². The first-order valence-corrected chi connectivity index (χ1v) is 4.45.